The second-order valence-electron chi connectivity index (χ2n) is 4.85. The van der Waals surface area contributed by atoms with Gasteiger partial charge in [0, 0.05) is 6.07 Å². The summed E-state index contributed by atoms with van der Waals surface area (Å²) >= 11 is 7.68. The Balaban J connectivity index is 2.25. The molecule has 2 nitrogen and oxygen atoms in total. The average Bonchev–Trinajstić information content (AvgIpc) is 3.06. The van der Waals surface area contributed by atoms with Gasteiger partial charge in [-0.3, -0.25) is 0 Å². The Bertz CT molecular complexity index is 749. The zero-order valence-electron chi connectivity index (χ0n) is 11.2. The molecule has 0 fully saturated rings. The second kappa shape index (κ2) is 5.19. The number of hydrogen-bond donors (Lipinski definition) is 0. The van der Waals surface area contributed by atoms with Gasteiger partial charge in [0.15, 0.2) is 0 Å². The van der Waals surface area contributed by atoms with Crippen molar-refractivity contribution in [2.45, 2.75) is 25.8 Å². The molecular formula is C15H14ClFN2S. The Morgan fingerprint density at radius 2 is 2.25 bits per heavy atom. The molecule has 3 rings (SSSR count). The van der Waals surface area contributed by atoms with Gasteiger partial charge in [-0.05, 0) is 47.9 Å². The summed E-state index contributed by atoms with van der Waals surface area (Å²) < 4.78 is 15.8. The fourth-order valence-electron chi connectivity index (χ4n) is 2.46. The number of aryl methyl sites for hydroxylation is 1. The average molecular weight is 309 g/mol. The molecule has 0 aliphatic rings. The van der Waals surface area contributed by atoms with Crippen LogP contribution in [0, 0.1) is 12.7 Å². The van der Waals surface area contributed by atoms with Crippen LogP contribution >= 0.6 is 22.9 Å². The molecule has 0 bridgehead atoms. The van der Waals surface area contributed by atoms with Crippen molar-refractivity contribution in [2.24, 2.45) is 0 Å². The van der Waals surface area contributed by atoms with Crippen LogP contribution in [-0.4, -0.2) is 9.55 Å². The summed E-state index contributed by atoms with van der Waals surface area (Å²) in [5.74, 6) is 0.848. The molecule has 2 heterocycles. The van der Waals surface area contributed by atoms with E-state index in [9.17, 15) is 4.39 Å². The fraction of sp³-hybridized carbons (Fsp3) is 0.267. The van der Waals surface area contributed by atoms with Gasteiger partial charge in [0.05, 0.1) is 23.0 Å². The van der Waals surface area contributed by atoms with Gasteiger partial charge in [0.25, 0.3) is 0 Å². The maximum atomic E-state index is 13.7. The molecule has 0 spiro atoms. The highest BCUT2D eigenvalue weighted by Gasteiger charge is 2.18. The molecule has 1 aromatic carbocycles. The molecule has 2 aromatic heterocycles. The fourth-order valence-corrected chi connectivity index (χ4v) is 3.39. The first kappa shape index (κ1) is 13.6. The predicted octanol–water partition coefficient (Wildman–Crippen LogP) is 4.89. The van der Waals surface area contributed by atoms with Gasteiger partial charge < -0.3 is 4.57 Å². The standard InChI is InChI=1S/C15H14ClFN2S/c1-9-5-14-13(6-12(9)17)18-15(7-16)19(14)10(2)11-3-4-20-8-11/h3-6,8,10H,7H2,1-2H3. The van der Waals surface area contributed by atoms with Crippen LogP contribution in [0.3, 0.4) is 0 Å². The molecule has 0 saturated carbocycles. The van der Waals surface area contributed by atoms with Crippen molar-refractivity contribution in [3.8, 4) is 0 Å². The maximum Gasteiger partial charge on any atom is 0.128 e. The van der Waals surface area contributed by atoms with Crippen LogP contribution in [0.5, 0.6) is 0 Å². The Labute approximate surface area is 125 Å². The number of hydrogen-bond acceptors (Lipinski definition) is 2. The van der Waals surface area contributed by atoms with Crippen molar-refractivity contribution in [3.05, 3.63) is 51.7 Å². The minimum Gasteiger partial charge on any atom is -0.320 e. The van der Waals surface area contributed by atoms with Crippen molar-refractivity contribution in [2.75, 3.05) is 0 Å². The van der Waals surface area contributed by atoms with E-state index in [0.29, 0.717) is 17.0 Å². The first-order valence-corrected chi connectivity index (χ1v) is 7.84. The van der Waals surface area contributed by atoms with Gasteiger partial charge in [-0.25, -0.2) is 9.37 Å². The van der Waals surface area contributed by atoms with Gasteiger partial charge in [-0.15, -0.1) is 11.6 Å². The van der Waals surface area contributed by atoms with E-state index in [1.807, 2.05) is 6.07 Å². The summed E-state index contributed by atoms with van der Waals surface area (Å²) in [5.41, 5.74) is 3.42. The van der Waals surface area contributed by atoms with E-state index in [-0.39, 0.29) is 11.9 Å². The number of benzene rings is 1. The molecule has 20 heavy (non-hydrogen) atoms. The van der Waals surface area contributed by atoms with Crippen LogP contribution in [0.15, 0.2) is 29.0 Å². The smallest absolute Gasteiger partial charge is 0.128 e. The minimum atomic E-state index is -0.230. The van der Waals surface area contributed by atoms with E-state index < -0.39 is 0 Å². The maximum absolute atomic E-state index is 13.7. The van der Waals surface area contributed by atoms with Crippen LogP contribution in [0.2, 0.25) is 0 Å². The number of halogens is 2. The van der Waals surface area contributed by atoms with E-state index in [2.05, 4.69) is 33.3 Å². The molecule has 3 aromatic rings. The number of nitrogens with zero attached hydrogens (tertiary/aromatic N) is 2. The van der Waals surface area contributed by atoms with Crippen molar-refractivity contribution in [1.29, 1.82) is 0 Å². The van der Waals surface area contributed by atoms with E-state index in [1.165, 1.54) is 11.6 Å². The molecule has 1 unspecified atom stereocenters. The first-order valence-electron chi connectivity index (χ1n) is 6.37. The normalized spacial score (nSPS) is 13.0. The summed E-state index contributed by atoms with van der Waals surface area (Å²) in [7, 11) is 0. The third-order valence-electron chi connectivity index (χ3n) is 3.58. The van der Waals surface area contributed by atoms with Gasteiger partial charge in [0.2, 0.25) is 0 Å². The Morgan fingerprint density at radius 3 is 2.90 bits per heavy atom. The summed E-state index contributed by atoms with van der Waals surface area (Å²) in [6, 6.07) is 5.55. The highest BCUT2D eigenvalue weighted by Crippen LogP contribution is 2.29. The minimum absolute atomic E-state index is 0.130. The SMILES string of the molecule is Cc1cc2c(cc1F)nc(CCl)n2C(C)c1ccsc1. The van der Waals surface area contributed by atoms with Gasteiger partial charge in [0.1, 0.15) is 11.6 Å². The second-order valence-corrected chi connectivity index (χ2v) is 5.90. The molecule has 104 valence electrons. The molecule has 0 amide bonds. The Hall–Kier alpha value is -1.39. The van der Waals surface area contributed by atoms with Gasteiger partial charge >= 0.3 is 0 Å². The Kier molecular flexibility index (Phi) is 3.52. The van der Waals surface area contributed by atoms with Crippen LogP contribution in [0.4, 0.5) is 4.39 Å². The third kappa shape index (κ3) is 2.13. The van der Waals surface area contributed by atoms with Crippen LogP contribution in [0.1, 0.15) is 29.9 Å². The first-order chi connectivity index (χ1) is 9.61. The highest BCUT2D eigenvalue weighted by atomic mass is 35.5. The van der Waals surface area contributed by atoms with Crippen LogP contribution < -0.4 is 0 Å². The third-order valence-corrected chi connectivity index (χ3v) is 4.52. The van der Waals surface area contributed by atoms with E-state index in [4.69, 9.17) is 11.6 Å². The molecule has 0 aliphatic carbocycles. The number of imidazole rings is 1. The Morgan fingerprint density at radius 1 is 1.45 bits per heavy atom. The number of rotatable bonds is 3. The van der Waals surface area contributed by atoms with E-state index in [0.717, 1.165) is 11.3 Å². The van der Waals surface area contributed by atoms with Crippen molar-refractivity contribution in [1.82, 2.24) is 9.55 Å². The zero-order valence-corrected chi connectivity index (χ0v) is 12.8. The monoisotopic (exact) mass is 308 g/mol. The van der Waals surface area contributed by atoms with Gasteiger partial charge in [-0.2, -0.15) is 11.3 Å². The van der Waals surface area contributed by atoms with Gasteiger partial charge in [-0.1, -0.05) is 0 Å². The summed E-state index contributed by atoms with van der Waals surface area (Å²) in [4.78, 5) is 4.46. The number of thiophene rings is 1. The number of fused-ring (bicyclic) bond motifs is 1. The molecular weight excluding hydrogens is 295 g/mol. The number of aromatic nitrogens is 2. The lowest BCUT2D eigenvalue weighted by Gasteiger charge is -2.16. The molecule has 0 radical (unpaired) electrons. The zero-order chi connectivity index (χ0) is 14.3. The molecule has 5 heteroatoms. The lowest BCUT2D eigenvalue weighted by Crippen LogP contribution is -2.09. The van der Waals surface area contributed by atoms with E-state index >= 15 is 0 Å². The van der Waals surface area contributed by atoms with Crippen LogP contribution in [-0.2, 0) is 5.88 Å². The molecule has 0 N–H and O–H groups in total. The van der Waals surface area contributed by atoms with Crippen molar-refractivity contribution < 1.29 is 4.39 Å². The quantitative estimate of drug-likeness (QED) is 0.630. The van der Waals surface area contributed by atoms with E-state index in [1.54, 1.807) is 18.3 Å². The largest absolute Gasteiger partial charge is 0.320 e. The lowest BCUT2D eigenvalue weighted by atomic mass is 10.1. The number of alkyl halides is 1. The van der Waals surface area contributed by atoms with Crippen molar-refractivity contribution >= 4 is 34.0 Å². The molecule has 0 aliphatic heterocycles. The van der Waals surface area contributed by atoms with Crippen LogP contribution in [0.25, 0.3) is 11.0 Å². The summed E-state index contributed by atoms with van der Waals surface area (Å²) in [6.45, 7) is 3.87. The van der Waals surface area contributed by atoms with Crippen molar-refractivity contribution in [3.63, 3.8) is 0 Å². The lowest BCUT2D eigenvalue weighted by molar-refractivity contribution is 0.618. The highest BCUT2D eigenvalue weighted by molar-refractivity contribution is 7.07. The molecule has 0 saturated heterocycles. The molecule has 1 atom stereocenters. The summed E-state index contributed by atoms with van der Waals surface area (Å²) in [6.07, 6.45) is 0. The predicted molar refractivity (Wildman–Crippen MR) is 82.1 cm³/mol. The summed E-state index contributed by atoms with van der Waals surface area (Å²) in [5, 5.41) is 4.17. The topological polar surface area (TPSA) is 17.8 Å².